The molecule has 1 saturated carbocycles. The maximum Gasteiger partial charge on any atom is 0.257 e. The lowest BCUT2D eigenvalue weighted by molar-refractivity contribution is 0.0595. The van der Waals surface area contributed by atoms with Gasteiger partial charge >= 0.3 is 0 Å². The van der Waals surface area contributed by atoms with E-state index in [0.29, 0.717) is 23.4 Å². The van der Waals surface area contributed by atoms with Crippen molar-refractivity contribution in [1.82, 2.24) is 10.2 Å². The number of ether oxygens (including phenoxy) is 1. The first-order valence-corrected chi connectivity index (χ1v) is 6.98. The van der Waals surface area contributed by atoms with Crippen molar-refractivity contribution in [1.29, 1.82) is 0 Å². The Kier molecular flexibility index (Phi) is 3.42. The number of fused-ring (bicyclic) bond motifs is 1. The molecule has 1 aliphatic heterocycles. The van der Waals surface area contributed by atoms with Gasteiger partial charge in [0.15, 0.2) is 0 Å². The predicted octanol–water partition coefficient (Wildman–Crippen LogP) is 1.66. The summed E-state index contributed by atoms with van der Waals surface area (Å²) in [5, 5.41) is 3.52. The summed E-state index contributed by atoms with van der Waals surface area (Å²) in [4.78, 5) is 14.8. The molecule has 1 heterocycles. The molecule has 102 valence electrons. The van der Waals surface area contributed by atoms with Crippen molar-refractivity contribution in [2.45, 2.75) is 31.3 Å². The summed E-state index contributed by atoms with van der Waals surface area (Å²) in [6, 6.07) is 8.32. The fourth-order valence-corrected chi connectivity index (χ4v) is 3.32. The van der Waals surface area contributed by atoms with Gasteiger partial charge in [0.25, 0.3) is 5.91 Å². The maximum atomic E-state index is 12.7. The zero-order chi connectivity index (χ0) is 13.2. The van der Waals surface area contributed by atoms with Gasteiger partial charge in [-0.3, -0.25) is 4.79 Å². The van der Waals surface area contributed by atoms with Crippen LogP contribution in [0.4, 0.5) is 0 Å². The molecule has 2 unspecified atom stereocenters. The van der Waals surface area contributed by atoms with Crippen LogP contribution in [0.3, 0.4) is 0 Å². The molecule has 0 radical (unpaired) electrons. The summed E-state index contributed by atoms with van der Waals surface area (Å²) < 4.78 is 5.31. The highest BCUT2D eigenvalue weighted by molar-refractivity contribution is 5.97. The van der Waals surface area contributed by atoms with Crippen molar-refractivity contribution in [3.8, 4) is 5.75 Å². The molecule has 0 spiro atoms. The number of carbonyl (C=O) groups is 1. The summed E-state index contributed by atoms with van der Waals surface area (Å²) in [6.45, 7) is 1.68. The van der Waals surface area contributed by atoms with Crippen LogP contribution in [0.1, 0.15) is 29.6 Å². The average Bonchev–Trinajstić information content (AvgIpc) is 2.94. The third-order valence-electron chi connectivity index (χ3n) is 4.24. The van der Waals surface area contributed by atoms with Crippen LogP contribution in [-0.4, -0.2) is 43.1 Å². The second kappa shape index (κ2) is 5.21. The van der Waals surface area contributed by atoms with Crippen LogP contribution in [-0.2, 0) is 0 Å². The number of para-hydroxylation sites is 1. The second-order valence-corrected chi connectivity index (χ2v) is 5.26. The molecule has 1 N–H and O–H groups in total. The van der Waals surface area contributed by atoms with Crippen LogP contribution in [0.15, 0.2) is 24.3 Å². The van der Waals surface area contributed by atoms with Crippen molar-refractivity contribution < 1.29 is 9.53 Å². The highest BCUT2D eigenvalue weighted by Gasteiger charge is 2.37. The Morgan fingerprint density at radius 2 is 2.21 bits per heavy atom. The Morgan fingerprint density at radius 1 is 1.37 bits per heavy atom. The molecule has 1 saturated heterocycles. The number of hydrogen-bond acceptors (Lipinski definition) is 3. The van der Waals surface area contributed by atoms with Crippen molar-refractivity contribution in [3.63, 3.8) is 0 Å². The molecule has 0 aromatic heterocycles. The van der Waals surface area contributed by atoms with E-state index >= 15 is 0 Å². The maximum absolute atomic E-state index is 12.7. The highest BCUT2D eigenvalue weighted by Crippen LogP contribution is 2.29. The first kappa shape index (κ1) is 12.5. The first-order chi connectivity index (χ1) is 9.31. The zero-order valence-electron chi connectivity index (χ0n) is 11.3. The molecular formula is C15H20N2O2. The number of nitrogens with one attached hydrogen (secondary N) is 1. The summed E-state index contributed by atoms with van der Waals surface area (Å²) in [5.74, 6) is 0.774. The molecule has 1 aliphatic carbocycles. The van der Waals surface area contributed by atoms with E-state index in [2.05, 4.69) is 5.32 Å². The largest absolute Gasteiger partial charge is 0.496 e. The SMILES string of the molecule is COc1ccccc1C(=O)N1CCNC2CCCC21. The Hall–Kier alpha value is -1.55. The number of piperazine rings is 1. The standard InChI is InChI=1S/C15H20N2O2/c1-19-14-8-3-2-5-11(14)15(18)17-10-9-16-12-6-4-7-13(12)17/h2-3,5,8,12-13,16H,4,6-7,9-10H2,1H3. The number of hydrogen-bond donors (Lipinski definition) is 1. The number of rotatable bonds is 2. The fraction of sp³-hybridized carbons (Fsp3) is 0.533. The van der Waals surface area contributed by atoms with E-state index in [9.17, 15) is 4.79 Å². The minimum atomic E-state index is 0.107. The van der Waals surface area contributed by atoms with Crippen LogP contribution >= 0.6 is 0 Å². The lowest BCUT2D eigenvalue weighted by Gasteiger charge is -2.38. The van der Waals surface area contributed by atoms with Crippen LogP contribution in [0.5, 0.6) is 5.75 Å². The van der Waals surface area contributed by atoms with Crippen molar-refractivity contribution >= 4 is 5.91 Å². The monoisotopic (exact) mass is 260 g/mol. The molecule has 4 heteroatoms. The van der Waals surface area contributed by atoms with Gasteiger partial charge in [0.05, 0.1) is 12.7 Å². The van der Waals surface area contributed by atoms with Gasteiger partial charge in [-0.15, -0.1) is 0 Å². The van der Waals surface area contributed by atoms with Gasteiger partial charge in [-0.05, 0) is 31.4 Å². The molecule has 2 atom stereocenters. The third kappa shape index (κ3) is 2.21. The Labute approximate surface area is 113 Å². The molecule has 0 bridgehead atoms. The Bertz CT molecular complexity index is 475. The van der Waals surface area contributed by atoms with Crippen LogP contribution < -0.4 is 10.1 Å². The molecule has 19 heavy (non-hydrogen) atoms. The lowest BCUT2D eigenvalue weighted by atomic mass is 10.0. The van der Waals surface area contributed by atoms with E-state index in [0.717, 1.165) is 19.5 Å². The Balaban J connectivity index is 1.86. The third-order valence-corrected chi connectivity index (χ3v) is 4.24. The molecular weight excluding hydrogens is 240 g/mol. The molecule has 2 fully saturated rings. The van der Waals surface area contributed by atoms with Gasteiger partial charge in [-0.1, -0.05) is 12.1 Å². The van der Waals surface area contributed by atoms with E-state index in [1.165, 1.54) is 12.8 Å². The number of benzene rings is 1. The number of nitrogens with zero attached hydrogens (tertiary/aromatic N) is 1. The predicted molar refractivity (Wildman–Crippen MR) is 73.5 cm³/mol. The summed E-state index contributed by atoms with van der Waals surface area (Å²) in [7, 11) is 1.61. The zero-order valence-corrected chi connectivity index (χ0v) is 11.3. The normalized spacial score (nSPS) is 26.1. The average molecular weight is 260 g/mol. The van der Waals surface area contributed by atoms with Gasteiger partial charge in [-0.2, -0.15) is 0 Å². The van der Waals surface area contributed by atoms with Gasteiger partial charge in [0.2, 0.25) is 0 Å². The lowest BCUT2D eigenvalue weighted by Crippen LogP contribution is -2.57. The van der Waals surface area contributed by atoms with Gasteiger partial charge in [-0.25, -0.2) is 0 Å². The number of amides is 1. The minimum Gasteiger partial charge on any atom is -0.496 e. The van der Waals surface area contributed by atoms with Crippen LogP contribution in [0, 0.1) is 0 Å². The molecule has 2 aliphatic rings. The topological polar surface area (TPSA) is 41.6 Å². The van der Waals surface area contributed by atoms with E-state index in [4.69, 9.17) is 4.74 Å². The number of methoxy groups -OCH3 is 1. The van der Waals surface area contributed by atoms with E-state index in [-0.39, 0.29) is 5.91 Å². The molecule has 1 aromatic carbocycles. The quantitative estimate of drug-likeness (QED) is 0.879. The van der Waals surface area contributed by atoms with Crippen LogP contribution in [0.25, 0.3) is 0 Å². The van der Waals surface area contributed by atoms with Gasteiger partial charge in [0.1, 0.15) is 5.75 Å². The molecule has 1 amide bonds. The van der Waals surface area contributed by atoms with E-state index in [1.54, 1.807) is 7.11 Å². The number of carbonyl (C=O) groups excluding carboxylic acids is 1. The van der Waals surface area contributed by atoms with Gasteiger partial charge in [0, 0.05) is 25.2 Å². The molecule has 1 aromatic rings. The summed E-state index contributed by atoms with van der Waals surface area (Å²) in [5.41, 5.74) is 0.678. The first-order valence-electron chi connectivity index (χ1n) is 6.98. The summed E-state index contributed by atoms with van der Waals surface area (Å²) in [6.07, 6.45) is 3.50. The van der Waals surface area contributed by atoms with Crippen LogP contribution in [0.2, 0.25) is 0 Å². The fourth-order valence-electron chi connectivity index (χ4n) is 3.32. The Morgan fingerprint density at radius 3 is 3.05 bits per heavy atom. The van der Waals surface area contributed by atoms with Crippen molar-refractivity contribution in [3.05, 3.63) is 29.8 Å². The molecule has 4 nitrogen and oxygen atoms in total. The van der Waals surface area contributed by atoms with Crippen molar-refractivity contribution in [2.24, 2.45) is 0 Å². The minimum absolute atomic E-state index is 0.107. The van der Waals surface area contributed by atoms with E-state index in [1.807, 2.05) is 29.2 Å². The van der Waals surface area contributed by atoms with E-state index < -0.39 is 0 Å². The highest BCUT2D eigenvalue weighted by atomic mass is 16.5. The smallest absolute Gasteiger partial charge is 0.257 e. The van der Waals surface area contributed by atoms with Gasteiger partial charge < -0.3 is 15.0 Å². The molecule has 3 rings (SSSR count). The summed E-state index contributed by atoms with van der Waals surface area (Å²) >= 11 is 0. The second-order valence-electron chi connectivity index (χ2n) is 5.26. The van der Waals surface area contributed by atoms with Crippen molar-refractivity contribution in [2.75, 3.05) is 20.2 Å².